The molecule has 4 unspecified atom stereocenters. The summed E-state index contributed by atoms with van der Waals surface area (Å²) < 4.78 is 0. The molecule has 3 nitrogen and oxygen atoms in total. The molecule has 2 heterocycles. The van der Waals surface area contributed by atoms with Crippen LogP contribution >= 0.6 is 11.3 Å². The van der Waals surface area contributed by atoms with E-state index in [2.05, 4.69) is 41.3 Å². The smallest absolute Gasteiger partial charge is 0.240 e. The third-order valence-electron chi connectivity index (χ3n) is 5.67. The van der Waals surface area contributed by atoms with Crippen molar-refractivity contribution >= 4 is 17.2 Å². The van der Waals surface area contributed by atoms with Gasteiger partial charge in [0.25, 0.3) is 0 Å². The standard InChI is InChI=1S/C20H24N2OS/c21-18(12-15-8-5-11-24-15)20(23)22-13-17(14-6-2-1-3-7-14)16-9-4-10-19(16)22/h1-3,5-8,11,16-19H,4,9-10,12-13,21H2. The van der Waals surface area contributed by atoms with E-state index in [0.29, 0.717) is 24.3 Å². The van der Waals surface area contributed by atoms with E-state index in [0.717, 1.165) is 13.0 Å². The number of nitrogens with zero attached hydrogens (tertiary/aromatic N) is 1. The highest BCUT2D eigenvalue weighted by Crippen LogP contribution is 2.46. The number of hydrogen-bond acceptors (Lipinski definition) is 3. The third-order valence-corrected chi connectivity index (χ3v) is 6.57. The summed E-state index contributed by atoms with van der Waals surface area (Å²) in [7, 11) is 0. The molecule has 0 radical (unpaired) electrons. The maximum atomic E-state index is 13.0. The predicted octanol–water partition coefficient (Wildman–Crippen LogP) is 3.41. The van der Waals surface area contributed by atoms with Gasteiger partial charge in [0.15, 0.2) is 0 Å². The zero-order valence-electron chi connectivity index (χ0n) is 13.8. The van der Waals surface area contributed by atoms with Crippen LogP contribution in [0.25, 0.3) is 0 Å². The molecule has 1 saturated carbocycles. The number of rotatable bonds is 4. The Morgan fingerprint density at radius 2 is 2.04 bits per heavy atom. The van der Waals surface area contributed by atoms with Crippen LogP contribution in [0.3, 0.4) is 0 Å². The molecule has 2 fully saturated rings. The van der Waals surface area contributed by atoms with Gasteiger partial charge in [-0.2, -0.15) is 0 Å². The molecule has 2 N–H and O–H groups in total. The first kappa shape index (κ1) is 15.9. The van der Waals surface area contributed by atoms with E-state index in [9.17, 15) is 4.79 Å². The number of fused-ring (bicyclic) bond motifs is 1. The fourth-order valence-electron chi connectivity index (χ4n) is 4.56. The second kappa shape index (κ2) is 6.69. The average molecular weight is 340 g/mol. The Morgan fingerprint density at radius 1 is 1.21 bits per heavy atom. The van der Waals surface area contributed by atoms with Gasteiger partial charge in [-0.15, -0.1) is 11.3 Å². The fourth-order valence-corrected chi connectivity index (χ4v) is 5.33. The van der Waals surface area contributed by atoms with Crippen LogP contribution < -0.4 is 5.73 Å². The van der Waals surface area contributed by atoms with Gasteiger partial charge in [0.2, 0.25) is 5.91 Å². The quantitative estimate of drug-likeness (QED) is 0.927. The Balaban J connectivity index is 1.51. The minimum absolute atomic E-state index is 0.138. The highest BCUT2D eigenvalue weighted by atomic mass is 32.1. The second-order valence-corrected chi connectivity index (χ2v) is 8.09. The summed E-state index contributed by atoms with van der Waals surface area (Å²) >= 11 is 1.68. The van der Waals surface area contributed by atoms with E-state index >= 15 is 0 Å². The number of nitrogens with two attached hydrogens (primary N) is 1. The van der Waals surface area contributed by atoms with E-state index in [1.807, 2.05) is 11.4 Å². The minimum Gasteiger partial charge on any atom is -0.337 e. The van der Waals surface area contributed by atoms with Gasteiger partial charge in [0.1, 0.15) is 0 Å². The Hall–Kier alpha value is -1.65. The highest BCUT2D eigenvalue weighted by Gasteiger charge is 2.47. The van der Waals surface area contributed by atoms with Crippen LogP contribution in [0.5, 0.6) is 0 Å². The van der Waals surface area contributed by atoms with Crippen molar-refractivity contribution in [2.45, 2.75) is 43.7 Å². The van der Waals surface area contributed by atoms with Crippen molar-refractivity contribution in [3.05, 3.63) is 58.3 Å². The molecular formula is C20H24N2OS. The molecule has 1 aliphatic heterocycles. The molecule has 1 aromatic heterocycles. The van der Waals surface area contributed by atoms with E-state index < -0.39 is 6.04 Å². The molecule has 1 aliphatic carbocycles. The first-order valence-electron chi connectivity index (χ1n) is 8.87. The molecular weight excluding hydrogens is 316 g/mol. The van der Waals surface area contributed by atoms with Crippen molar-refractivity contribution in [2.24, 2.45) is 11.7 Å². The van der Waals surface area contributed by atoms with E-state index in [1.54, 1.807) is 11.3 Å². The van der Waals surface area contributed by atoms with Crippen LogP contribution in [0.4, 0.5) is 0 Å². The topological polar surface area (TPSA) is 46.3 Å². The van der Waals surface area contributed by atoms with Gasteiger partial charge in [-0.25, -0.2) is 0 Å². The van der Waals surface area contributed by atoms with Crippen LogP contribution in [-0.4, -0.2) is 29.4 Å². The van der Waals surface area contributed by atoms with Crippen molar-refractivity contribution in [1.82, 2.24) is 4.90 Å². The number of amides is 1. The summed E-state index contributed by atoms with van der Waals surface area (Å²) in [6.07, 6.45) is 4.24. The van der Waals surface area contributed by atoms with Crippen molar-refractivity contribution in [3.8, 4) is 0 Å². The summed E-state index contributed by atoms with van der Waals surface area (Å²) in [4.78, 5) is 16.3. The number of benzene rings is 1. The molecule has 126 valence electrons. The summed E-state index contributed by atoms with van der Waals surface area (Å²) in [6, 6.07) is 14.7. The zero-order chi connectivity index (χ0) is 16.5. The SMILES string of the molecule is NC(Cc1cccs1)C(=O)N1CC(c2ccccc2)C2CCCC21. The molecule has 1 saturated heterocycles. The second-order valence-electron chi connectivity index (χ2n) is 7.06. The lowest BCUT2D eigenvalue weighted by molar-refractivity contribution is -0.133. The van der Waals surface area contributed by atoms with Crippen molar-refractivity contribution in [3.63, 3.8) is 0 Å². The predicted molar refractivity (Wildman–Crippen MR) is 98.0 cm³/mol. The lowest BCUT2D eigenvalue weighted by Crippen LogP contribution is -2.47. The van der Waals surface area contributed by atoms with Gasteiger partial charge in [0, 0.05) is 29.8 Å². The molecule has 2 aromatic rings. The van der Waals surface area contributed by atoms with Crippen LogP contribution in [0.1, 0.15) is 35.6 Å². The number of hydrogen-bond donors (Lipinski definition) is 1. The fraction of sp³-hybridized carbons (Fsp3) is 0.450. The Bertz CT molecular complexity index is 685. The number of carbonyl (C=O) groups is 1. The van der Waals surface area contributed by atoms with Crippen molar-refractivity contribution in [2.75, 3.05) is 6.54 Å². The first-order chi connectivity index (χ1) is 11.7. The summed E-state index contributed by atoms with van der Waals surface area (Å²) in [6.45, 7) is 0.830. The lowest BCUT2D eigenvalue weighted by atomic mass is 9.87. The summed E-state index contributed by atoms with van der Waals surface area (Å²) in [5.74, 6) is 1.21. The molecule has 1 aromatic carbocycles. The Kier molecular flexibility index (Phi) is 4.42. The van der Waals surface area contributed by atoms with Crippen molar-refractivity contribution in [1.29, 1.82) is 0 Å². The van der Waals surface area contributed by atoms with E-state index in [4.69, 9.17) is 5.73 Å². The monoisotopic (exact) mass is 340 g/mol. The van der Waals surface area contributed by atoms with Crippen molar-refractivity contribution < 1.29 is 4.79 Å². The lowest BCUT2D eigenvalue weighted by Gasteiger charge is -2.26. The van der Waals surface area contributed by atoms with Gasteiger partial charge in [0.05, 0.1) is 6.04 Å². The maximum absolute atomic E-state index is 13.0. The molecule has 4 rings (SSSR count). The van der Waals surface area contributed by atoms with Gasteiger partial charge >= 0.3 is 0 Å². The molecule has 0 bridgehead atoms. The molecule has 4 atom stereocenters. The van der Waals surface area contributed by atoms with Crippen LogP contribution in [0, 0.1) is 5.92 Å². The van der Waals surface area contributed by atoms with E-state index in [-0.39, 0.29) is 5.91 Å². The molecule has 2 aliphatic rings. The summed E-state index contributed by atoms with van der Waals surface area (Å²) in [5.41, 5.74) is 7.64. The molecule has 0 spiro atoms. The number of carbonyl (C=O) groups excluding carboxylic acids is 1. The van der Waals surface area contributed by atoms with E-state index in [1.165, 1.54) is 23.3 Å². The molecule has 4 heteroatoms. The van der Waals surface area contributed by atoms with Gasteiger partial charge in [-0.05, 0) is 35.8 Å². The normalized spacial score (nSPS) is 27.2. The Morgan fingerprint density at radius 3 is 2.79 bits per heavy atom. The molecule has 24 heavy (non-hydrogen) atoms. The maximum Gasteiger partial charge on any atom is 0.240 e. The largest absolute Gasteiger partial charge is 0.337 e. The first-order valence-corrected chi connectivity index (χ1v) is 9.75. The van der Waals surface area contributed by atoms with Crippen LogP contribution in [0.15, 0.2) is 47.8 Å². The number of likely N-dealkylation sites (tertiary alicyclic amines) is 1. The molecule has 1 amide bonds. The number of thiophene rings is 1. The van der Waals surface area contributed by atoms with Gasteiger partial charge < -0.3 is 10.6 Å². The third kappa shape index (κ3) is 2.89. The minimum atomic E-state index is -0.417. The van der Waals surface area contributed by atoms with Gasteiger partial charge in [-0.1, -0.05) is 42.8 Å². The Labute approximate surface area is 147 Å². The zero-order valence-corrected chi connectivity index (χ0v) is 14.6. The van der Waals surface area contributed by atoms with Gasteiger partial charge in [-0.3, -0.25) is 4.79 Å². The average Bonchev–Trinajstić information content (AvgIpc) is 3.32. The van der Waals surface area contributed by atoms with Crippen LogP contribution in [-0.2, 0) is 11.2 Å². The highest BCUT2D eigenvalue weighted by molar-refractivity contribution is 7.09. The van der Waals surface area contributed by atoms with Crippen LogP contribution in [0.2, 0.25) is 0 Å². The summed E-state index contributed by atoms with van der Waals surface area (Å²) in [5, 5.41) is 2.04.